The van der Waals surface area contributed by atoms with Crippen LogP contribution in [0.25, 0.3) is 0 Å². The molecule has 1 aromatic rings. The van der Waals surface area contributed by atoms with Gasteiger partial charge >= 0.3 is 0 Å². The number of rotatable bonds is 4. The minimum absolute atomic E-state index is 0.00124. The highest BCUT2D eigenvalue weighted by atomic mass is 16.2. The van der Waals surface area contributed by atoms with Gasteiger partial charge in [-0.2, -0.15) is 5.26 Å². The van der Waals surface area contributed by atoms with Crippen molar-refractivity contribution in [1.29, 1.82) is 5.26 Å². The highest BCUT2D eigenvalue weighted by molar-refractivity contribution is 5.97. The van der Waals surface area contributed by atoms with Gasteiger partial charge in [-0.15, -0.1) is 0 Å². The highest BCUT2D eigenvalue weighted by Crippen LogP contribution is 2.15. The van der Waals surface area contributed by atoms with Crippen LogP contribution in [-0.2, 0) is 0 Å². The van der Waals surface area contributed by atoms with Gasteiger partial charge in [0.25, 0.3) is 5.91 Å². The summed E-state index contributed by atoms with van der Waals surface area (Å²) in [6.45, 7) is 3.76. The molecule has 1 rings (SSSR count). The molecule has 0 aromatic heterocycles. The average Bonchev–Trinajstić information content (AvgIpc) is 2.47. The molecule has 1 N–H and O–H groups in total. The quantitative estimate of drug-likeness (QED) is 0.861. The minimum atomic E-state index is -0.152. The number of nitriles is 1. The predicted octanol–water partition coefficient (Wildman–Crippen LogP) is 2.10. The van der Waals surface area contributed by atoms with Gasteiger partial charge in [-0.3, -0.25) is 4.79 Å². The number of aliphatic hydroxyl groups is 1. The molecule has 0 aliphatic carbocycles. The molecule has 0 saturated heterocycles. The molecule has 0 bridgehead atoms. The van der Waals surface area contributed by atoms with E-state index in [9.17, 15) is 4.79 Å². The smallest absolute Gasteiger partial charge is 0.255 e. The fraction of sp³-hybridized carbons (Fsp3) is 0.412. The van der Waals surface area contributed by atoms with E-state index in [0.29, 0.717) is 24.0 Å². The van der Waals surface area contributed by atoms with Crippen molar-refractivity contribution in [2.45, 2.75) is 32.7 Å². The third kappa shape index (κ3) is 4.63. The van der Waals surface area contributed by atoms with Gasteiger partial charge in [-0.25, -0.2) is 0 Å². The van der Waals surface area contributed by atoms with Crippen molar-refractivity contribution in [3.05, 3.63) is 34.9 Å². The zero-order chi connectivity index (χ0) is 15.8. The summed E-state index contributed by atoms with van der Waals surface area (Å²) < 4.78 is 0. The van der Waals surface area contributed by atoms with Gasteiger partial charge in [-0.1, -0.05) is 23.5 Å². The van der Waals surface area contributed by atoms with E-state index in [1.807, 2.05) is 26.0 Å². The van der Waals surface area contributed by atoms with Crippen LogP contribution < -0.4 is 0 Å². The van der Waals surface area contributed by atoms with Crippen molar-refractivity contribution >= 4 is 5.91 Å². The summed E-state index contributed by atoms with van der Waals surface area (Å²) in [6, 6.07) is 7.44. The van der Waals surface area contributed by atoms with Gasteiger partial charge in [0, 0.05) is 25.1 Å². The van der Waals surface area contributed by atoms with E-state index in [0.717, 1.165) is 5.56 Å². The summed E-state index contributed by atoms with van der Waals surface area (Å²) >= 11 is 0. The summed E-state index contributed by atoms with van der Waals surface area (Å²) in [5.41, 5.74) is 2.16. The van der Waals surface area contributed by atoms with Gasteiger partial charge in [0.2, 0.25) is 0 Å². The van der Waals surface area contributed by atoms with E-state index in [2.05, 4.69) is 17.9 Å². The first-order valence-corrected chi connectivity index (χ1v) is 6.85. The molecule has 1 aromatic carbocycles. The van der Waals surface area contributed by atoms with Crippen LogP contribution in [0.4, 0.5) is 0 Å². The SMILES string of the molecule is Cc1ccc(C#CCCO)c(C(=O)N(C)C(C)CC#N)c1. The molecule has 0 aliphatic heterocycles. The minimum Gasteiger partial charge on any atom is -0.395 e. The molecule has 0 heterocycles. The second-order valence-electron chi connectivity index (χ2n) is 4.95. The molecular weight excluding hydrogens is 264 g/mol. The lowest BCUT2D eigenvalue weighted by atomic mass is 10.0. The topological polar surface area (TPSA) is 64.3 Å². The normalized spacial score (nSPS) is 11.0. The molecule has 0 radical (unpaired) electrons. The molecule has 0 aliphatic rings. The number of carbonyl (C=O) groups is 1. The van der Waals surface area contributed by atoms with Crippen molar-refractivity contribution in [3.63, 3.8) is 0 Å². The Balaban J connectivity index is 3.11. The van der Waals surface area contributed by atoms with Gasteiger partial charge in [0.15, 0.2) is 0 Å². The van der Waals surface area contributed by atoms with Crippen LogP contribution in [0.15, 0.2) is 18.2 Å². The number of aliphatic hydroxyl groups excluding tert-OH is 1. The zero-order valence-corrected chi connectivity index (χ0v) is 12.7. The van der Waals surface area contributed by atoms with E-state index < -0.39 is 0 Å². The van der Waals surface area contributed by atoms with E-state index in [-0.39, 0.29) is 18.6 Å². The number of hydrogen-bond acceptors (Lipinski definition) is 3. The summed E-state index contributed by atoms with van der Waals surface area (Å²) in [6.07, 6.45) is 0.668. The second-order valence-corrected chi connectivity index (χ2v) is 4.95. The summed E-state index contributed by atoms with van der Waals surface area (Å²) in [5, 5.41) is 17.5. The number of aryl methyl sites for hydroxylation is 1. The number of benzene rings is 1. The molecule has 1 amide bonds. The van der Waals surface area contributed by atoms with Gasteiger partial charge in [-0.05, 0) is 26.0 Å². The molecular formula is C17H20N2O2. The summed E-state index contributed by atoms with van der Waals surface area (Å²) in [7, 11) is 1.69. The summed E-state index contributed by atoms with van der Waals surface area (Å²) in [4.78, 5) is 14.1. The van der Waals surface area contributed by atoms with Crippen molar-refractivity contribution in [3.8, 4) is 17.9 Å². The zero-order valence-electron chi connectivity index (χ0n) is 12.7. The second kappa shape index (κ2) is 8.09. The maximum Gasteiger partial charge on any atom is 0.255 e. The van der Waals surface area contributed by atoms with Crippen molar-refractivity contribution in [1.82, 2.24) is 4.90 Å². The first kappa shape index (κ1) is 16.8. The average molecular weight is 284 g/mol. The number of nitrogens with zero attached hydrogens (tertiary/aromatic N) is 2. The molecule has 0 spiro atoms. The lowest BCUT2D eigenvalue weighted by Gasteiger charge is -2.23. The Labute approximate surface area is 126 Å². The Hall–Kier alpha value is -2.30. The van der Waals surface area contributed by atoms with E-state index in [1.165, 1.54) is 0 Å². The maximum absolute atomic E-state index is 12.6. The van der Waals surface area contributed by atoms with Crippen LogP contribution in [-0.4, -0.2) is 35.6 Å². The fourth-order valence-electron chi connectivity index (χ4n) is 1.82. The van der Waals surface area contributed by atoms with E-state index in [4.69, 9.17) is 10.4 Å². The van der Waals surface area contributed by atoms with Crippen LogP contribution in [0.5, 0.6) is 0 Å². The van der Waals surface area contributed by atoms with Crippen molar-refractivity contribution in [2.24, 2.45) is 0 Å². The summed E-state index contributed by atoms with van der Waals surface area (Å²) in [5.74, 6) is 5.62. The lowest BCUT2D eigenvalue weighted by Crippen LogP contribution is -2.35. The number of amides is 1. The Morgan fingerprint density at radius 3 is 2.81 bits per heavy atom. The van der Waals surface area contributed by atoms with Gasteiger partial charge in [0.1, 0.15) is 0 Å². The third-order valence-corrected chi connectivity index (χ3v) is 3.23. The largest absolute Gasteiger partial charge is 0.395 e. The van der Waals surface area contributed by atoms with E-state index >= 15 is 0 Å². The van der Waals surface area contributed by atoms with Crippen LogP contribution in [0.2, 0.25) is 0 Å². The molecule has 21 heavy (non-hydrogen) atoms. The maximum atomic E-state index is 12.6. The van der Waals surface area contributed by atoms with Gasteiger partial charge < -0.3 is 10.0 Å². The Morgan fingerprint density at radius 2 is 2.19 bits per heavy atom. The van der Waals surface area contributed by atoms with Crippen LogP contribution in [0.1, 0.15) is 41.3 Å². The van der Waals surface area contributed by atoms with Crippen molar-refractivity contribution < 1.29 is 9.90 Å². The van der Waals surface area contributed by atoms with Crippen LogP contribution in [0.3, 0.4) is 0 Å². The molecule has 1 atom stereocenters. The molecule has 4 heteroatoms. The molecule has 0 fully saturated rings. The Kier molecular flexibility index (Phi) is 6.46. The van der Waals surface area contributed by atoms with Gasteiger partial charge in [0.05, 0.1) is 24.7 Å². The molecule has 1 unspecified atom stereocenters. The van der Waals surface area contributed by atoms with E-state index in [1.54, 1.807) is 18.0 Å². The first-order chi connectivity index (χ1) is 10.0. The molecule has 0 saturated carbocycles. The standard InChI is InChI=1S/C17H20N2O2/c1-13-7-8-15(6-4-5-11-20)16(12-13)17(21)19(3)14(2)9-10-18/h7-8,12,14,20H,5,9,11H2,1-3H3. The number of carbonyl (C=O) groups excluding carboxylic acids is 1. The molecule has 110 valence electrons. The van der Waals surface area contributed by atoms with Crippen LogP contribution >= 0.6 is 0 Å². The third-order valence-electron chi connectivity index (χ3n) is 3.23. The number of hydrogen-bond donors (Lipinski definition) is 1. The molecule has 4 nitrogen and oxygen atoms in total. The fourth-order valence-corrected chi connectivity index (χ4v) is 1.82. The first-order valence-electron chi connectivity index (χ1n) is 6.85. The van der Waals surface area contributed by atoms with Crippen LogP contribution in [0, 0.1) is 30.1 Å². The predicted molar refractivity (Wildman–Crippen MR) is 81.5 cm³/mol. The Morgan fingerprint density at radius 1 is 1.48 bits per heavy atom. The Bertz CT molecular complexity index is 605. The highest BCUT2D eigenvalue weighted by Gasteiger charge is 2.19. The lowest BCUT2D eigenvalue weighted by molar-refractivity contribution is 0.0746. The monoisotopic (exact) mass is 284 g/mol. The van der Waals surface area contributed by atoms with Crippen molar-refractivity contribution in [2.75, 3.05) is 13.7 Å².